The Morgan fingerprint density at radius 3 is 1.39 bits per heavy atom. The smallest absolute Gasteiger partial charge is 0.141 e. The largest absolute Gasteiger partial charge is 0.490 e. The van der Waals surface area contributed by atoms with Crippen LogP contribution in [0.3, 0.4) is 0 Å². The summed E-state index contributed by atoms with van der Waals surface area (Å²) < 4.78 is 45.5. The van der Waals surface area contributed by atoms with Crippen LogP contribution in [0.4, 0.5) is 8.78 Å². The quantitative estimate of drug-likeness (QED) is 0.0926. The summed E-state index contributed by atoms with van der Waals surface area (Å²) in [5, 5.41) is 30.7. The summed E-state index contributed by atoms with van der Waals surface area (Å²) in [6, 6.07) is 21.0. The molecule has 2 saturated carbocycles. The molecule has 0 amide bonds. The summed E-state index contributed by atoms with van der Waals surface area (Å²) in [6.07, 6.45) is 27.6. The lowest BCUT2D eigenvalue weighted by Gasteiger charge is -2.52. The minimum Gasteiger partial charge on any atom is -0.490 e. The molecule has 10 heterocycles. The summed E-state index contributed by atoms with van der Waals surface area (Å²) in [4.78, 5) is 33.7. The average molecular weight is 1140 g/mol. The number of likely N-dealkylation sites (tertiary alicyclic amines) is 4. The summed E-state index contributed by atoms with van der Waals surface area (Å²) in [6.45, 7) is 11.9. The van der Waals surface area contributed by atoms with Gasteiger partial charge in [-0.15, -0.1) is 0 Å². The monoisotopic (exact) mass is 1140 g/mol. The highest BCUT2D eigenvalue weighted by Crippen LogP contribution is 2.47. The number of benzene rings is 2. The molecular weight excluding hydrogens is 1060 g/mol. The highest BCUT2D eigenvalue weighted by Gasteiger charge is 2.50. The van der Waals surface area contributed by atoms with Gasteiger partial charge in [0.1, 0.15) is 59.3 Å². The van der Waals surface area contributed by atoms with Gasteiger partial charge in [0.25, 0.3) is 0 Å². The van der Waals surface area contributed by atoms with Gasteiger partial charge in [-0.25, -0.2) is 28.7 Å². The van der Waals surface area contributed by atoms with E-state index in [0.717, 1.165) is 159 Å². The van der Waals surface area contributed by atoms with Crippen molar-refractivity contribution in [3.63, 3.8) is 0 Å². The molecule has 18 nitrogen and oxygen atoms in total. The van der Waals surface area contributed by atoms with Gasteiger partial charge in [-0.3, -0.25) is 29.0 Å². The number of fused-ring (bicyclic) bond motifs is 2. The SMILES string of the molecule is C[C@H]1CCCN1Cc1cc(F)cc(OC2CCN(C3CC(CC#N)(n4cc(-c5ncnc6[nH]ccc56)cn4)C3)CC2)c1.C[C@H]1CCCN1Cc1cc(F)cc(OC2CCN(C3CC(CC#N)(n4cc(-c5ncnc6[nH]ccc56)cn4)C3)CC2)c1. The average Bonchev–Trinajstić information content (AvgIpc) is 1.89. The molecular formula is C64H74F2N16O2. The fourth-order valence-corrected chi connectivity index (χ4v) is 14.5. The van der Waals surface area contributed by atoms with E-state index in [1.165, 1.54) is 37.8 Å². The Labute approximate surface area is 488 Å². The number of nitrogens with zero attached hydrogens (tertiary/aromatic N) is 14. The molecule has 2 N–H and O–H groups in total. The lowest BCUT2D eigenvalue weighted by molar-refractivity contribution is -0.0209. The van der Waals surface area contributed by atoms with E-state index < -0.39 is 0 Å². The van der Waals surface area contributed by atoms with Crippen LogP contribution >= 0.6 is 0 Å². The third-order valence-corrected chi connectivity index (χ3v) is 19.3. The zero-order valence-electron chi connectivity index (χ0n) is 48.1. The van der Waals surface area contributed by atoms with Gasteiger partial charge in [0.05, 0.1) is 59.8 Å². The fraction of sp³-hybridized carbons (Fsp3) is 0.500. The standard InChI is InChI=1S/2C32H37FN8O/c2*1-22-3-2-10-40(22)19-23-13-25(33)15-28(14-23)42-27-5-11-39(12-6-27)26-16-32(17-26,7-8-34)41-20-24(18-38-41)30-29-4-9-35-31(29)37-21-36-30/h2*4,9,13-15,18,20-22,26-27H,2-3,5-7,10-12,16-17,19H2,1H3,(H,35,36,37)/t2*22-,26?,32?/m00/s1. The Morgan fingerprint density at radius 2 is 1.00 bits per heavy atom. The molecule has 0 bridgehead atoms. The summed E-state index contributed by atoms with van der Waals surface area (Å²) in [5.74, 6) is 0.826. The number of nitriles is 2. The molecule has 4 aliphatic heterocycles. The molecule has 0 unspecified atom stereocenters. The van der Waals surface area contributed by atoms with Gasteiger partial charge in [-0.05, 0) is 152 Å². The molecule has 2 aromatic carbocycles. The van der Waals surface area contributed by atoms with Gasteiger partial charge >= 0.3 is 0 Å². The summed E-state index contributed by atoms with van der Waals surface area (Å²) in [7, 11) is 0. The van der Waals surface area contributed by atoms with E-state index in [4.69, 9.17) is 19.7 Å². The first-order valence-corrected chi connectivity index (χ1v) is 30.3. The molecule has 6 aromatic heterocycles. The van der Waals surface area contributed by atoms with Crippen LogP contribution in [0.25, 0.3) is 44.6 Å². The van der Waals surface area contributed by atoms with Gasteiger partial charge in [0.15, 0.2) is 0 Å². The third kappa shape index (κ3) is 11.5. The number of ether oxygens (including phenoxy) is 2. The van der Waals surface area contributed by atoms with Gasteiger partial charge in [-0.1, -0.05) is 0 Å². The van der Waals surface area contributed by atoms with Crippen molar-refractivity contribution in [2.45, 2.75) is 164 Å². The van der Waals surface area contributed by atoms with Crippen LogP contribution < -0.4 is 9.47 Å². The van der Waals surface area contributed by atoms with E-state index >= 15 is 0 Å². The normalized spacial score (nSPS) is 25.5. The molecule has 0 radical (unpaired) electrons. The molecule has 2 aliphatic carbocycles. The number of piperidine rings is 2. The second-order valence-electron chi connectivity index (χ2n) is 24.7. The van der Waals surface area contributed by atoms with Crippen molar-refractivity contribution in [2.75, 3.05) is 39.3 Å². The van der Waals surface area contributed by atoms with Crippen molar-refractivity contribution in [3.8, 4) is 46.2 Å². The predicted molar refractivity (Wildman–Crippen MR) is 314 cm³/mol. The number of hydrogen-bond acceptors (Lipinski definition) is 14. The fourth-order valence-electron chi connectivity index (χ4n) is 14.5. The predicted octanol–water partition coefficient (Wildman–Crippen LogP) is 10.5. The van der Waals surface area contributed by atoms with E-state index in [2.05, 4.69) is 75.5 Å². The molecule has 4 saturated heterocycles. The van der Waals surface area contributed by atoms with Crippen molar-refractivity contribution >= 4 is 22.1 Å². The van der Waals surface area contributed by atoms with Crippen LogP contribution in [-0.4, -0.2) is 145 Å². The number of hydrogen-bond donors (Lipinski definition) is 2. The number of rotatable bonds is 16. The van der Waals surface area contributed by atoms with Crippen LogP contribution in [0.15, 0.2) is 98.4 Å². The molecule has 8 aromatic rings. The Bertz CT molecular complexity index is 3420. The van der Waals surface area contributed by atoms with Crippen molar-refractivity contribution in [2.24, 2.45) is 0 Å². The highest BCUT2D eigenvalue weighted by atomic mass is 19.1. The van der Waals surface area contributed by atoms with Crippen molar-refractivity contribution < 1.29 is 18.3 Å². The Morgan fingerprint density at radius 1 is 0.571 bits per heavy atom. The van der Waals surface area contributed by atoms with Crippen molar-refractivity contribution in [3.05, 3.63) is 121 Å². The third-order valence-electron chi connectivity index (χ3n) is 19.3. The summed E-state index contributed by atoms with van der Waals surface area (Å²) in [5.41, 5.74) is 6.49. The maximum absolute atomic E-state index is 14.5. The number of halogens is 2. The van der Waals surface area contributed by atoms with E-state index in [-0.39, 0.29) is 34.9 Å². The maximum atomic E-state index is 14.5. The van der Waals surface area contributed by atoms with Crippen LogP contribution in [0.2, 0.25) is 0 Å². The molecule has 0 spiro atoms. The molecule has 14 rings (SSSR count). The van der Waals surface area contributed by atoms with Crippen molar-refractivity contribution in [1.29, 1.82) is 10.5 Å². The zero-order valence-corrected chi connectivity index (χ0v) is 48.1. The van der Waals surface area contributed by atoms with E-state index in [9.17, 15) is 19.3 Å². The van der Waals surface area contributed by atoms with Crippen LogP contribution in [0, 0.1) is 34.3 Å². The topological polar surface area (TPSA) is 198 Å². The number of nitrogens with one attached hydrogen (secondary N) is 2. The molecule has 6 aliphatic rings. The minimum absolute atomic E-state index is 0.0809. The number of aromatic nitrogens is 10. The lowest BCUT2D eigenvalue weighted by atomic mass is 9.69. The van der Waals surface area contributed by atoms with E-state index in [0.29, 0.717) is 48.5 Å². The first-order chi connectivity index (χ1) is 41.0. The molecule has 436 valence electrons. The highest BCUT2D eigenvalue weighted by molar-refractivity contribution is 5.90. The van der Waals surface area contributed by atoms with Gasteiger partial charge in [0.2, 0.25) is 0 Å². The Balaban J connectivity index is 0.000000157. The molecule has 2 atom stereocenters. The van der Waals surface area contributed by atoms with Crippen LogP contribution in [-0.2, 0) is 24.2 Å². The lowest BCUT2D eigenvalue weighted by Crippen LogP contribution is -2.58. The molecule has 20 heteroatoms. The first kappa shape index (κ1) is 55.6. The van der Waals surface area contributed by atoms with E-state index in [1.807, 2.05) is 70.8 Å². The number of H-pyrrole nitrogens is 2. The summed E-state index contributed by atoms with van der Waals surface area (Å²) >= 11 is 0. The minimum atomic E-state index is -0.305. The first-order valence-electron chi connectivity index (χ1n) is 30.3. The zero-order chi connectivity index (χ0) is 57.4. The van der Waals surface area contributed by atoms with Gasteiger partial charge in [0, 0.05) is 122 Å². The van der Waals surface area contributed by atoms with Crippen molar-refractivity contribution in [1.82, 2.24) is 69.1 Å². The maximum Gasteiger partial charge on any atom is 0.141 e. The molecule has 6 fully saturated rings. The van der Waals surface area contributed by atoms with Gasteiger partial charge in [-0.2, -0.15) is 20.7 Å². The van der Waals surface area contributed by atoms with Crippen LogP contribution in [0.5, 0.6) is 11.5 Å². The second-order valence-corrected chi connectivity index (χ2v) is 24.7. The second kappa shape index (κ2) is 23.8. The van der Waals surface area contributed by atoms with Gasteiger partial charge < -0.3 is 19.4 Å². The molecule has 84 heavy (non-hydrogen) atoms. The van der Waals surface area contributed by atoms with E-state index in [1.54, 1.807) is 24.8 Å². The Hall–Kier alpha value is -7.62. The Kier molecular flexibility index (Phi) is 15.7. The van der Waals surface area contributed by atoms with Crippen LogP contribution in [0.1, 0.15) is 115 Å². The number of aromatic amines is 2.